The van der Waals surface area contributed by atoms with Crippen LogP contribution in [-0.4, -0.2) is 10.9 Å². The van der Waals surface area contributed by atoms with Gasteiger partial charge in [-0.2, -0.15) is 0 Å². The van der Waals surface area contributed by atoms with Gasteiger partial charge in [-0.15, -0.1) is 0 Å². The zero-order chi connectivity index (χ0) is 11.6. The summed E-state index contributed by atoms with van der Waals surface area (Å²) in [5.74, 6) is 0.634. The van der Waals surface area contributed by atoms with E-state index in [2.05, 4.69) is 32.3 Å². The first-order valence-electron chi connectivity index (χ1n) is 5.66. The fourth-order valence-electron chi connectivity index (χ4n) is 2.14. The minimum Gasteiger partial charge on any atom is -0.345 e. The van der Waals surface area contributed by atoms with Gasteiger partial charge in [0.2, 0.25) is 0 Å². The van der Waals surface area contributed by atoms with Crippen molar-refractivity contribution >= 4 is 6.29 Å². The molecule has 0 aromatic carbocycles. The van der Waals surface area contributed by atoms with Crippen LogP contribution >= 0.6 is 0 Å². The highest BCUT2D eigenvalue weighted by Gasteiger charge is 2.17. The van der Waals surface area contributed by atoms with Crippen molar-refractivity contribution in [3.8, 4) is 0 Å². The van der Waals surface area contributed by atoms with Gasteiger partial charge in [0, 0.05) is 23.0 Å². The Bertz CT molecular complexity index is 352. The smallest absolute Gasteiger partial charge is 0.151 e. The van der Waals surface area contributed by atoms with Crippen LogP contribution in [0.4, 0.5) is 0 Å². The highest BCUT2D eigenvalue weighted by atomic mass is 16.1. The van der Waals surface area contributed by atoms with E-state index < -0.39 is 0 Å². The molecule has 0 aliphatic heterocycles. The van der Waals surface area contributed by atoms with Crippen molar-refractivity contribution in [3.05, 3.63) is 23.0 Å². The van der Waals surface area contributed by atoms with Crippen molar-refractivity contribution in [2.24, 2.45) is 5.92 Å². The maximum absolute atomic E-state index is 10.8. The van der Waals surface area contributed by atoms with Gasteiger partial charge in [0.1, 0.15) is 0 Å². The van der Waals surface area contributed by atoms with E-state index in [9.17, 15) is 4.79 Å². The monoisotopic (exact) mass is 207 g/mol. The third kappa shape index (κ3) is 2.14. The molecule has 2 heteroatoms. The normalized spacial score (nSPS) is 15.0. The molecule has 0 spiro atoms. The van der Waals surface area contributed by atoms with Crippen LogP contribution in [0.15, 0.2) is 6.07 Å². The van der Waals surface area contributed by atoms with Gasteiger partial charge >= 0.3 is 0 Å². The van der Waals surface area contributed by atoms with Crippen molar-refractivity contribution in [2.45, 2.75) is 47.1 Å². The molecular weight excluding hydrogens is 186 g/mol. The van der Waals surface area contributed by atoms with E-state index >= 15 is 0 Å². The number of aryl methyl sites for hydroxylation is 1. The van der Waals surface area contributed by atoms with Crippen LogP contribution in [0.3, 0.4) is 0 Å². The molecule has 0 saturated heterocycles. The first kappa shape index (κ1) is 12.0. The Balaban J connectivity index is 3.13. The fraction of sp³-hybridized carbons (Fsp3) is 0.615. The fourth-order valence-corrected chi connectivity index (χ4v) is 2.14. The molecule has 0 amide bonds. The average Bonchev–Trinajstić information content (AvgIpc) is 2.51. The number of aldehydes is 1. The van der Waals surface area contributed by atoms with Crippen LogP contribution in [0.2, 0.25) is 0 Å². The lowest BCUT2D eigenvalue weighted by atomic mass is 10.0. The molecule has 2 atom stereocenters. The molecule has 0 aliphatic carbocycles. The zero-order valence-corrected chi connectivity index (χ0v) is 10.4. The number of hydrogen-bond acceptors (Lipinski definition) is 1. The highest BCUT2D eigenvalue weighted by Crippen LogP contribution is 2.26. The molecule has 0 saturated carbocycles. The molecule has 0 N–H and O–H groups in total. The van der Waals surface area contributed by atoms with Crippen molar-refractivity contribution in [2.75, 3.05) is 0 Å². The third-order valence-corrected chi connectivity index (χ3v) is 3.53. The summed E-state index contributed by atoms with van der Waals surface area (Å²) < 4.78 is 2.28. The minimum absolute atomic E-state index is 0.462. The van der Waals surface area contributed by atoms with Gasteiger partial charge in [-0.3, -0.25) is 4.79 Å². The number of carbonyl (C=O) groups is 1. The predicted molar refractivity (Wildman–Crippen MR) is 63.5 cm³/mol. The van der Waals surface area contributed by atoms with Crippen LogP contribution < -0.4 is 0 Å². The second kappa shape index (κ2) is 4.65. The Morgan fingerprint density at radius 1 is 1.40 bits per heavy atom. The summed E-state index contributed by atoms with van der Waals surface area (Å²) in [5, 5.41) is 0. The van der Waals surface area contributed by atoms with Gasteiger partial charge in [0.15, 0.2) is 6.29 Å². The van der Waals surface area contributed by atoms with Crippen LogP contribution in [0.1, 0.15) is 55.0 Å². The van der Waals surface area contributed by atoms with Crippen molar-refractivity contribution in [3.63, 3.8) is 0 Å². The number of carbonyl (C=O) groups excluding carboxylic acids is 1. The number of hydrogen-bond donors (Lipinski definition) is 0. The third-order valence-electron chi connectivity index (χ3n) is 3.53. The summed E-state index contributed by atoms with van der Waals surface area (Å²) in [5.41, 5.74) is 3.10. The van der Waals surface area contributed by atoms with Crippen molar-refractivity contribution in [1.29, 1.82) is 0 Å². The second-order valence-electron chi connectivity index (χ2n) is 4.44. The molecule has 84 valence electrons. The summed E-state index contributed by atoms with van der Waals surface area (Å²) in [7, 11) is 0. The zero-order valence-electron chi connectivity index (χ0n) is 10.4. The first-order chi connectivity index (χ1) is 7.02. The second-order valence-corrected chi connectivity index (χ2v) is 4.44. The summed E-state index contributed by atoms with van der Waals surface area (Å²) in [6.45, 7) is 10.8. The van der Waals surface area contributed by atoms with Gasteiger partial charge in [-0.25, -0.2) is 0 Å². The van der Waals surface area contributed by atoms with Crippen LogP contribution in [0.5, 0.6) is 0 Å². The molecule has 0 aliphatic rings. The Labute approximate surface area is 92.3 Å². The predicted octanol–water partition coefficient (Wildman–Crippen LogP) is 3.52. The topological polar surface area (TPSA) is 22.0 Å². The maximum Gasteiger partial charge on any atom is 0.151 e. The van der Waals surface area contributed by atoms with E-state index in [-0.39, 0.29) is 0 Å². The van der Waals surface area contributed by atoms with Gasteiger partial charge < -0.3 is 4.57 Å². The van der Waals surface area contributed by atoms with Gasteiger partial charge in [-0.05, 0) is 32.8 Å². The summed E-state index contributed by atoms with van der Waals surface area (Å²) in [4.78, 5) is 10.8. The minimum atomic E-state index is 0.462. The van der Waals surface area contributed by atoms with Gasteiger partial charge in [0.05, 0.1) is 0 Å². The summed E-state index contributed by atoms with van der Waals surface area (Å²) in [6.07, 6.45) is 2.11. The lowest BCUT2D eigenvalue weighted by molar-refractivity contribution is 0.112. The van der Waals surface area contributed by atoms with E-state index in [1.54, 1.807) is 0 Å². The lowest BCUT2D eigenvalue weighted by Crippen LogP contribution is -2.16. The van der Waals surface area contributed by atoms with E-state index in [0.29, 0.717) is 12.0 Å². The Kier molecular flexibility index (Phi) is 3.72. The van der Waals surface area contributed by atoms with Crippen LogP contribution in [-0.2, 0) is 0 Å². The summed E-state index contributed by atoms with van der Waals surface area (Å²) >= 11 is 0. The van der Waals surface area contributed by atoms with Crippen molar-refractivity contribution in [1.82, 2.24) is 4.57 Å². The molecule has 1 aromatic rings. The molecule has 1 aromatic heterocycles. The standard InChI is InChI=1S/C13H21NO/c1-6-9(2)11(4)14-10(3)7-13(8-15)12(14)5/h7-9,11H,6H2,1-5H3. The van der Waals surface area contributed by atoms with Crippen molar-refractivity contribution < 1.29 is 4.79 Å². The molecule has 0 bridgehead atoms. The number of aromatic nitrogens is 1. The van der Waals surface area contributed by atoms with E-state index in [1.807, 2.05) is 13.0 Å². The molecule has 2 unspecified atom stereocenters. The first-order valence-corrected chi connectivity index (χ1v) is 5.66. The molecule has 0 fully saturated rings. The Morgan fingerprint density at radius 3 is 2.40 bits per heavy atom. The SMILES string of the molecule is CCC(C)C(C)n1c(C)cc(C=O)c1C. The van der Waals surface area contributed by atoms with Crippen LogP contribution in [0, 0.1) is 19.8 Å². The Hall–Kier alpha value is -1.05. The van der Waals surface area contributed by atoms with E-state index in [1.165, 1.54) is 5.69 Å². The largest absolute Gasteiger partial charge is 0.345 e. The molecule has 0 radical (unpaired) electrons. The maximum atomic E-state index is 10.8. The molecular formula is C13H21NO. The molecule has 15 heavy (non-hydrogen) atoms. The highest BCUT2D eigenvalue weighted by molar-refractivity contribution is 5.77. The Morgan fingerprint density at radius 2 is 2.00 bits per heavy atom. The summed E-state index contributed by atoms with van der Waals surface area (Å²) in [6, 6.07) is 2.44. The quantitative estimate of drug-likeness (QED) is 0.692. The van der Waals surface area contributed by atoms with Crippen LogP contribution in [0.25, 0.3) is 0 Å². The number of rotatable bonds is 4. The lowest BCUT2D eigenvalue weighted by Gasteiger charge is -2.24. The van der Waals surface area contributed by atoms with Gasteiger partial charge in [0.25, 0.3) is 0 Å². The van der Waals surface area contributed by atoms with Gasteiger partial charge in [-0.1, -0.05) is 20.3 Å². The number of nitrogens with zero attached hydrogens (tertiary/aromatic N) is 1. The average molecular weight is 207 g/mol. The molecule has 1 heterocycles. The van der Waals surface area contributed by atoms with E-state index in [4.69, 9.17) is 0 Å². The molecule has 2 nitrogen and oxygen atoms in total. The molecule has 1 rings (SSSR count). The van der Waals surface area contributed by atoms with E-state index in [0.717, 1.165) is 24.0 Å².